The van der Waals surface area contributed by atoms with Crippen molar-refractivity contribution >= 4 is 33.4 Å². The molecule has 0 saturated carbocycles. The Balaban J connectivity index is 2.03. The zero-order chi connectivity index (χ0) is 23.6. The maximum Gasteiger partial charge on any atom is 0.435 e. The third-order valence-corrected chi connectivity index (χ3v) is 4.94. The molecule has 0 aliphatic heterocycles. The summed E-state index contributed by atoms with van der Waals surface area (Å²) in [6, 6.07) is 10.5. The van der Waals surface area contributed by atoms with Crippen LogP contribution in [0.1, 0.15) is 37.5 Å². The molecule has 0 fully saturated rings. The van der Waals surface area contributed by atoms with Gasteiger partial charge >= 0.3 is 6.18 Å². The molecule has 7 nitrogen and oxygen atoms in total. The van der Waals surface area contributed by atoms with E-state index in [1.807, 2.05) is 0 Å². The molecule has 11 heteroatoms. The quantitative estimate of drug-likeness (QED) is 0.503. The summed E-state index contributed by atoms with van der Waals surface area (Å²) >= 11 is 3.31. The van der Waals surface area contributed by atoms with Crippen LogP contribution in [0.4, 0.5) is 18.9 Å². The van der Waals surface area contributed by atoms with Gasteiger partial charge in [-0.25, -0.2) is 0 Å². The number of aryl methyl sites for hydroxylation is 1. The molecular weight excluding hydrogens is 493 g/mol. The summed E-state index contributed by atoms with van der Waals surface area (Å²) in [4.78, 5) is 24.2. The van der Waals surface area contributed by atoms with Crippen molar-refractivity contribution in [2.45, 2.75) is 20.0 Å². The number of rotatable bonds is 5. The van der Waals surface area contributed by atoms with E-state index < -0.39 is 34.8 Å². The second kappa shape index (κ2) is 8.95. The Morgan fingerprint density at radius 2 is 1.72 bits per heavy atom. The lowest BCUT2D eigenvalue weighted by Gasteiger charge is -2.16. The van der Waals surface area contributed by atoms with Crippen LogP contribution >= 0.6 is 15.9 Å². The van der Waals surface area contributed by atoms with Crippen LogP contribution in [0.15, 0.2) is 46.9 Å². The van der Waals surface area contributed by atoms with Gasteiger partial charge in [-0.2, -0.15) is 13.2 Å². The van der Waals surface area contributed by atoms with Crippen molar-refractivity contribution in [1.29, 1.82) is 0 Å². The minimum Gasteiger partial charge on any atom is -0.437 e. The van der Waals surface area contributed by atoms with Crippen LogP contribution in [0.3, 0.4) is 0 Å². The lowest BCUT2D eigenvalue weighted by atomic mass is 10.1. The van der Waals surface area contributed by atoms with E-state index >= 15 is 0 Å². The monoisotopic (exact) mass is 508 g/mol. The van der Waals surface area contributed by atoms with Gasteiger partial charge in [-0.1, -0.05) is 15.9 Å². The number of carbonyl (C=O) groups excluding carboxylic acids is 2. The first-order chi connectivity index (χ1) is 15.0. The first-order valence-corrected chi connectivity index (χ1v) is 9.86. The van der Waals surface area contributed by atoms with Crippen molar-refractivity contribution in [2.75, 3.05) is 5.32 Å². The van der Waals surface area contributed by atoms with Gasteiger partial charge in [0.05, 0.1) is 0 Å². The van der Waals surface area contributed by atoms with Gasteiger partial charge in [-0.3, -0.25) is 9.59 Å². The highest BCUT2D eigenvalue weighted by Crippen LogP contribution is 2.35. The number of benzene rings is 2. The Morgan fingerprint density at radius 1 is 1.06 bits per heavy atom. The number of halogens is 4. The lowest BCUT2D eigenvalue weighted by molar-refractivity contribution is -0.142. The molecule has 0 unspecified atom stereocenters. The lowest BCUT2D eigenvalue weighted by Crippen LogP contribution is -2.21. The molecule has 1 aromatic heterocycles. The van der Waals surface area contributed by atoms with Crippen LogP contribution in [0.5, 0.6) is 11.6 Å². The number of nitrogens with zero attached hydrogens (tertiary/aromatic N) is 2. The fourth-order valence-corrected chi connectivity index (χ4v) is 3.33. The fourth-order valence-electron chi connectivity index (χ4n) is 2.85. The van der Waals surface area contributed by atoms with E-state index in [1.54, 1.807) is 25.1 Å². The number of amides is 2. The molecule has 0 bridgehead atoms. The Labute approximate surface area is 188 Å². The molecule has 0 radical (unpaired) electrons. The molecule has 2 amide bonds. The SMILES string of the molecule is Cc1cc(Br)ccc1Oc1nnc(C(F)(F)F)c(C)c1C(=O)Nc1ccc(C(N)=O)cc1. The molecule has 3 N–H and O–H groups in total. The smallest absolute Gasteiger partial charge is 0.435 e. The van der Waals surface area contributed by atoms with E-state index in [0.717, 1.165) is 11.4 Å². The van der Waals surface area contributed by atoms with Crippen molar-refractivity contribution in [1.82, 2.24) is 10.2 Å². The van der Waals surface area contributed by atoms with Gasteiger partial charge in [0, 0.05) is 15.7 Å². The second-order valence-electron chi connectivity index (χ2n) is 6.76. The Bertz CT molecular complexity index is 1200. The number of aromatic nitrogens is 2. The van der Waals surface area contributed by atoms with Crippen LogP contribution in [-0.4, -0.2) is 22.0 Å². The predicted octanol–water partition coefficient (Wildman–Crippen LogP) is 5.02. The molecule has 32 heavy (non-hydrogen) atoms. The van der Waals surface area contributed by atoms with Crippen LogP contribution in [0.2, 0.25) is 0 Å². The Hall–Kier alpha value is -3.47. The van der Waals surface area contributed by atoms with Crippen molar-refractivity contribution in [3.8, 4) is 11.6 Å². The molecule has 0 aliphatic rings. The summed E-state index contributed by atoms with van der Waals surface area (Å²) in [5.41, 5.74) is 4.12. The summed E-state index contributed by atoms with van der Waals surface area (Å²) < 4.78 is 46.6. The van der Waals surface area contributed by atoms with Gasteiger partial charge in [-0.15, -0.1) is 10.2 Å². The molecular formula is C21H16BrF3N4O3. The summed E-state index contributed by atoms with van der Waals surface area (Å²) in [6.45, 7) is 2.84. The molecule has 0 saturated heterocycles. The Morgan fingerprint density at radius 3 is 2.28 bits per heavy atom. The molecule has 1 heterocycles. The van der Waals surface area contributed by atoms with E-state index in [4.69, 9.17) is 10.5 Å². The number of hydrogen-bond donors (Lipinski definition) is 2. The van der Waals surface area contributed by atoms with E-state index in [1.165, 1.54) is 24.3 Å². The third-order valence-electron chi connectivity index (χ3n) is 4.45. The van der Waals surface area contributed by atoms with Crippen LogP contribution < -0.4 is 15.8 Å². The molecule has 2 aromatic carbocycles. The van der Waals surface area contributed by atoms with Crippen molar-refractivity contribution in [3.63, 3.8) is 0 Å². The topological polar surface area (TPSA) is 107 Å². The number of carbonyl (C=O) groups is 2. The highest BCUT2D eigenvalue weighted by molar-refractivity contribution is 9.10. The van der Waals surface area contributed by atoms with E-state index in [9.17, 15) is 22.8 Å². The number of hydrogen-bond acceptors (Lipinski definition) is 5. The summed E-state index contributed by atoms with van der Waals surface area (Å²) in [6.07, 6.45) is -4.82. The fraction of sp³-hybridized carbons (Fsp3) is 0.143. The highest BCUT2D eigenvalue weighted by atomic mass is 79.9. The minimum absolute atomic E-state index is 0.207. The zero-order valence-corrected chi connectivity index (χ0v) is 18.3. The van der Waals surface area contributed by atoms with Gasteiger partial charge in [0.25, 0.3) is 11.8 Å². The minimum atomic E-state index is -4.82. The number of alkyl halides is 3. The number of primary amides is 1. The maximum absolute atomic E-state index is 13.4. The van der Waals surface area contributed by atoms with Crippen LogP contribution in [-0.2, 0) is 6.18 Å². The van der Waals surface area contributed by atoms with Gasteiger partial charge in [0.15, 0.2) is 5.69 Å². The van der Waals surface area contributed by atoms with E-state index in [2.05, 4.69) is 31.4 Å². The average Bonchev–Trinajstić information content (AvgIpc) is 2.69. The Kier molecular flexibility index (Phi) is 6.49. The molecule has 0 spiro atoms. The van der Waals surface area contributed by atoms with Crippen LogP contribution in [0.25, 0.3) is 0 Å². The number of nitrogens with two attached hydrogens (primary N) is 1. The zero-order valence-electron chi connectivity index (χ0n) is 16.7. The normalized spacial score (nSPS) is 11.2. The van der Waals surface area contributed by atoms with E-state index in [0.29, 0.717) is 11.3 Å². The molecule has 0 atom stereocenters. The second-order valence-corrected chi connectivity index (χ2v) is 7.67. The predicted molar refractivity (Wildman–Crippen MR) is 114 cm³/mol. The molecule has 3 rings (SSSR count). The van der Waals surface area contributed by atoms with Crippen molar-refractivity contribution in [3.05, 3.63) is 74.9 Å². The first kappa shape index (κ1) is 23.2. The van der Waals surface area contributed by atoms with Gasteiger partial charge < -0.3 is 15.8 Å². The largest absolute Gasteiger partial charge is 0.437 e. The van der Waals surface area contributed by atoms with Gasteiger partial charge in [0.2, 0.25) is 5.91 Å². The van der Waals surface area contributed by atoms with Crippen molar-refractivity contribution in [2.24, 2.45) is 5.73 Å². The summed E-state index contributed by atoms with van der Waals surface area (Å²) in [5.74, 6) is -1.64. The maximum atomic E-state index is 13.4. The standard InChI is InChI=1S/C21H16BrF3N4O3/c1-10-9-13(22)5-8-15(10)32-20-16(11(2)17(28-29-20)21(23,24)25)19(31)27-14-6-3-12(4-7-14)18(26)30/h3-9H,1-2H3,(H2,26,30)(H,27,31). The van der Waals surface area contributed by atoms with Crippen molar-refractivity contribution < 1.29 is 27.5 Å². The summed E-state index contributed by atoms with van der Waals surface area (Å²) in [5, 5.41) is 9.25. The van der Waals surface area contributed by atoms with Gasteiger partial charge in [-0.05, 0) is 67.4 Å². The molecule has 166 valence electrons. The van der Waals surface area contributed by atoms with Crippen LogP contribution in [0, 0.1) is 13.8 Å². The number of ether oxygens (including phenoxy) is 1. The van der Waals surface area contributed by atoms with Gasteiger partial charge in [0.1, 0.15) is 11.3 Å². The molecule has 0 aliphatic carbocycles. The number of anilines is 1. The van der Waals surface area contributed by atoms with E-state index in [-0.39, 0.29) is 17.1 Å². The third kappa shape index (κ3) is 5.05. The first-order valence-electron chi connectivity index (χ1n) is 9.07. The highest BCUT2D eigenvalue weighted by Gasteiger charge is 2.38. The average molecular weight is 509 g/mol. The molecule has 3 aromatic rings. The number of nitrogens with one attached hydrogen (secondary N) is 1. The summed E-state index contributed by atoms with van der Waals surface area (Å²) in [7, 11) is 0.